The second-order valence-corrected chi connectivity index (χ2v) is 6.08. The van der Waals surface area contributed by atoms with Crippen molar-refractivity contribution in [2.24, 2.45) is 5.10 Å². The van der Waals surface area contributed by atoms with E-state index in [1.54, 1.807) is 6.21 Å². The average Bonchev–Trinajstić information content (AvgIpc) is 2.55. The van der Waals surface area contributed by atoms with Gasteiger partial charge in [0.1, 0.15) is 0 Å². The highest BCUT2D eigenvalue weighted by atomic mass is 79.9. The normalized spacial score (nSPS) is 11.0. The van der Waals surface area contributed by atoms with Crippen LogP contribution in [0.1, 0.15) is 11.1 Å². The number of amides is 1. The van der Waals surface area contributed by atoms with Crippen molar-refractivity contribution in [1.29, 1.82) is 0 Å². The first-order valence-corrected chi connectivity index (χ1v) is 8.06. The van der Waals surface area contributed by atoms with Crippen molar-refractivity contribution >= 4 is 38.8 Å². The molecule has 3 nitrogen and oxygen atoms in total. The smallest absolute Gasteiger partial charge is 0.244 e. The van der Waals surface area contributed by atoms with Crippen LogP contribution in [0.25, 0.3) is 10.8 Å². The molecule has 1 amide bonds. The van der Waals surface area contributed by atoms with Crippen LogP contribution in [0.5, 0.6) is 0 Å². The Balaban J connectivity index is 1.67. The lowest BCUT2D eigenvalue weighted by atomic mass is 10.0. The maximum Gasteiger partial charge on any atom is 0.244 e. The van der Waals surface area contributed by atoms with Crippen molar-refractivity contribution in [3.05, 3.63) is 82.3 Å². The van der Waals surface area contributed by atoms with E-state index in [2.05, 4.69) is 26.5 Å². The fourth-order valence-corrected chi connectivity index (χ4v) is 2.84. The lowest BCUT2D eigenvalue weighted by Crippen LogP contribution is -2.19. The van der Waals surface area contributed by atoms with Crippen molar-refractivity contribution in [1.82, 2.24) is 5.43 Å². The summed E-state index contributed by atoms with van der Waals surface area (Å²) in [5.41, 5.74) is 4.50. The Hall–Kier alpha value is -2.46. The first-order chi connectivity index (χ1) is 11.2. The predicted molar refractivity (Wildman–Crippen MR) is 97.5 cm³/mol. The molecule has 0 unspecified atom stereocenters. The Bertz CT molecular complexity index is 869. The number of hydrogen-bond acceptors (Lipinski definition) is 2. The Labute approximate surface area is 143 Å². The summed E-state index contributed by atoms with van der Waals surface area (Å²) >= 11 is 3.40. The van der Waals surface area contributed by atoms with Crippen LogP contribution in [-0.2, 0) is 11.2 Å². The molecule has 0 aliphatic carbocycles. The van der Waals surface area contributed by atoms with Crippen molar-refractivity contribution in [2.45, 2.75) is 6.42 Å². The zero-order valence-corrected chi connectivity index (χ0v) is 14.0. The lowest BCUT2D eigenvalue weighted by molar-refractivity contribution is -0.120. The van der Waals surface area contributed by atoms with Gasteiger partial charge in [-0.15, -0.1) is 0 Å². The van der Waals surface area contributed by atoms with Gasteiger partial charge in [-0.2, -0.15) is 5.10 Å². The van der Waals surface area contributed by atoms with Gasteiger partial charge < -0.3 is 0 Å². The van der Waals surface area contributed by atoms with Crippen molar-refractivity contribution in [2.75, 3.05) is 0 Å². The molecule has 3 rings (SSSR count). The van der Waals surface area contributed by atoms with Crippen LogP contribution in [0.3, 0.4) is 0 Å². The summed E-state index contributed by atoms with van der Waals surface area (Å²) < 4.78 is 0.975. The van der Waals surface area contributed by atoms with E-state index in [0.717, 1.165) is 26.4 Å². The average molecular weight is 367 g/mol. The third-order valence-electron chi connectivity index (χ3n) is 3.48. The van der Waals surface area contributed by atoms with Gasteiger partial charge in [-0.3, -0.25) is 4.79 Å². The van der Waals surface area contributed by atoms with Gasteiger partial charge in [-0.1, -0.05) is 70.5 Å². The zero-order chi connectivity index (χ0) is 16.1. The molecule has 0 aromatic heterocycles. The maximum atomic E-state index is 12.1. The molecule has 3 aromatic carbocycles. The fraction of sp³-hybridized carbons (Fsp3) is 0.0526. The number of nitrogens with zero attached hydrogens (tertiary/aromatic N) is 1. The van der Waals surface area contributed by atoms with Gasteiger partial charge in [0.15, 0.2) is 0 Å². The molecule has 0 aliphatic rings. The Kier molecular flexibility index (Phi) is 4.83. The minimum absolute atomic E-state index is 0.132. The van der Waals surface area contributed by atoms with Crippen LogP contribution >= 0.6 is 15.9 Å². The van der Waals surface area contributed by atoms with E-state index in [1.807, 2.05) is 66.7 Å². The number of nitrogens with one attached hydrogen (secondary N) is 1. The maximum absolute atomic E-state index is 12.1. The highest BCUT2D eigenvalue weighted by Crippen LogP contribution is 2.18. The standard InChI is InChI=1S/C19H15BrN2O/c20-17-9-3-5-14(11-17)13-21-22-19(23)12-16-8-4-7-15-6-1-2-10-18(15)16/h1-11,13H,12H2,(H,22,23). The number of hydrazone groups is 1. The molecule has 0 saturated heterocycles. The first kappa shape index (κ1) is 15.4. The highest BCUT2D eigenvalue weighted by molar-refractivity contribution is 9.10. The van der Waals surface area contributed by atoms with Crippen LogP contribution in [0.4, 0.5) is 0 Å². The van der Waals surface area contributed by atoms with Gasteiger partial charge in [-0.05, 0) is 34.0 Å². The van der Waals surface area contributed by atoms with E-state index in [0.29, 0.717) is 6.42 Å². The summed E-state index contributed by atoms with van der Waals surface area (Å²) in [6.07, 6.45) is 1.93. The molecular formula is C19H15BrN2O. The molecule has 0 heterocycles. The fourth-order valence-electron chi connectivity index (χ4n) is 2.42. The van der Waals surface area contributed by atoms with Crippen LogP contribution in [0.2, 0.25) is 0 Å². The van der Waals surface area contributed by atoms with Crippen LogP contribution in [-0.4, -0.2) is 12.1 Å². The van der Waals surface area contributed by atoms with Gasteiger partial charge in [-0.25, -0.2) is 5.43 Å². The SMILES string of the molecule is O=C(Cc1cccc2ccccc12)NN=Cc1cccc(Br)c1. The van der Waals surface area contributed by atoms with E-state index in [1.165, 1.54) is 0 Å². The van der Waals surface area contributed by atoms with E-state index < -0.39 is 0 Å². The van der Waals surface area contributed by atoms with Gasteiger partial charge in [0.2, 0.25) is 5.91 Å². The van der Waals surface area contributed by atoms with Gasteiger partial charge in [0, 0.05) is 4.47 Å². The van der Waals surface area contributed by atoms with E-state index in [-0.39, 0.29) is 5.91 Å². The minimum Gasteiger partial charge on any atom is -0.273 e. The molecular weight excluding hydrogens is 352 g/mol. The molecule has 0 aliphatic heterocycles. The molecule has 0 fully saturated rings. The molecule has 3 aromatic rings. The van der Waals surface area contributed by atoms with Crippen molar-refractivity contribution < 1.29 is 4.79 Å². The number of fused-ring (bicyclic) bond motifs is 1. The molecule has 1 N–H and O–H groups in total. The highest BCUT2D eigenvalue weighted by Gasteiger charge is 2.05. The number of benzene rings is 3. The monoisotopic (exact) mass is 366 g/mol. The molecule has 0 bridgehead atoms. The van der Waals surface area contributed by atoms with Crippen molar-refractivity contribution in [3.63, 3.8) is 0 Å². The first-order valence-electron chi connectivity index (χ1n) is 7.26. The number of rotatable bonds is 4. The molecule has 0 atom stereocenters. The summed E-state index contributed by atoms with van der Waals surface area (Å²) in [4.78, 5) is 12.1. The lowest BCUT2D eigenvalue weighted by Gasteiger charge is -2.05. The largest absolute Gasteiger partial charge is 0.273 e. The van der Waals surface area contributed by atoms with Gasteiger partial charge >= 0.3 is 0 Å². The summed E-state index contributed by atoms with van der Waals surface area (Å²) in [5.74, 6) is -0.132. The molecule has 0 saturated carbocycles. The Morgan fingerprint density at radius 2 is 1.83 bits per heavy atom. The number of carbonyl (C=O) groups is 1. The second-order valence-electron chi connectivity index (χ2n) is 5.16. The van der Waals surface area contributed by atoms with Crippen LogP contribution in [0.15, 0.2) is 76.3 Å². The predicted octanol–water partition coefficient (Wildman–Crippen LogP) is 4.30. The van der Waals surface area contributed by atoms with Gasteiger partial charge in [0.25, 0.3) is 0 Å². The molecule has 114 valence electrons. The summed E-state index contributed by atoms with van der Waals surface area (Å²) in [7, 11) is 0. The van der Waals surface area contributed by atoms with Crippen LogP contribution in [0, 0.1) is 0 Å². The number of hydrogen-bond donors (Lipinski definition) is 1. The Morgan fingerprint density at radius 3 is 2.70 bits per heavy atom. The Morgan fingerprint density at radius 1 is 1.04 bits per heavy atom. The molecule has 23 heavy (non-hydrogen) atoms. The quantitative estimate of drug-likeness (QED) is 0.542. The van der Waals surface area contributed by atoms with Crippen molar-refractivity contribution in [3.8, 4) is 0 Å². The van der Waals surface area contributed by atoms with E-state index in [9.17, 15) is 4.79 Å². The second kappa shape index (κ2) is 7.20. The van der Waals surface area contributed by atoms with Gasteiger partial charge in [0.05, 0.1) is 12.6 Å². The number of halogens is 1. The summed E-state index contributed by atoms with van der Waals surface area (Å²) in [5, 5.41) is 6.25. The van der Waals surface area contributed by atoms with E-state index >= 15 is 0 Å². The third-order valence-corrected chi connectivity index (χ3v) is 3.98. The number of carbonyl (C=O) groups excluding carboxylic acids is 1. The minimum atomic E-state index is -0.132. The third kappa shape index (κ3) is 4.05. The van der Waals surface area contributed by atoms with E-state index in [4.69, 9.17) is 0 Å². The molecule has 0 spiro atoms. The molecule has 4 heteroatoms. The molecule has 0 radical (unpaired) electrons. The zero-order valence-electron chi connectivity index (χ0n) is 12.4. The summed E-state index contributed by atoms with van der Waals surface area (Å²) in [6.45, 7) is 0. The summed E-state index contributed by atoms with van der Waals surface area (Å²) in [6, 6.07) is 21.7. The van der Waals surface area contributed by atoms with Crippen LogP contribution < -0.4 is 5.43 Å². The topological polar surface area (TPSA) is 41.5 Å².